The third-order valence-corrected chi connectivity index (χ3v) is 5.23. The van der Waals surface area contributed by atoms with Gasteiger partial charge < -0.3 is 31.3 Å². The molecule has 0 aliphatic carbocycles. The summed E-state index contributed by atoms with van der Waals surface area (Å²) >= 11 is 0. The predicted molar refractivity (Wildman–Crippen MR) is 95.2 cm³/mol. The Morgan fingerprint density at radius 1 is 0.739 bits per heavy atom. The summed E-state index contributed by atoms with van der Waals surface area (Å²) in [5, 5.41) is 0. The minimum absolute atomic E-state index is 0. The standard InChI is InChI=1S/C17H38NO3P.BrH/c1-4-5-6-7-8-9-10-11-12-13-15-18(2,3)16-14-17-22(19,20)21;/h4-17H2,1-3H3,(H-,19,20,21);1H. The second kappa shape index (κ2) is 14.9. The molecule has 4 nitrogen and oxygen atoms in total. The van der Waals surface area contributed by atoms with Crippen LogP contribution < -0.4 is 17.0 Å². The minimum Gasteiger partial charge on any atom is -1.00 e. The summed E-state index contributed by atoms with van der Waals surface area (Å²) in [7, 11) is 0.504. The average molecular weight is 416 g/mol. The van der Waals surface area contributed by atoms with Crippen molar-refractivity contribution in [3.8, 4) is 0 Å². The molecule has 0 aromatic heterocycles. The number of unbranched alkanes of at least 4 members (excludes halogenated alkanes) is 9. The van der Waals surface area contributed by atoms with Crippen LogP contribution in [-0.2, 0) is 4.57 Å². The van der Waals surface area contributed by atoms with Crippen molar-refractivity contribution in [2.75, 3.05) is 33.3 Å². The maximum atomic E-state index is 10.8. The fourth-order valence-electron chi connectivity index (χ4n) is 2.84. The van der Waals surface area contributed by atoms with Crippen molar-refractivity contribution in [3.05, 3.63) is 0 Å². The van der Waals surface area contributed by atoms with E-state index in [1.54, 1.807) is 0 Å². The second-order valence-corrected chi connectivity index (χ2v) is 9.08. The van der Waals surface area contributed by atoms with Crippen LogP contribution in [0.2, 0.25) is 0 Å². The molecule has 0 rings (SSSR count). The number of rotatable bonds is 15. The molecule has 6 heteroatoms. The largest absolute Gasteiger partial charge is 1.00 e. The Hall–Kier alpha value is 0.590. The van der Waals surface area contributed by atoms with Crippen molar-refractivity contribution < 1.29 is 35.8 Å². The van der Waals surface area contributed by atoms with Crippen LogP contribution in [0, 0.1) is 0 Å². The molecule has 0 aliphatic rings. The Morgan fingerprint density at radius 2 is 1.13 bits per heavy atom. The Balaban J connectivity index is 0. The molecule has 23 heavy (non-hydrogen) atoms. The molecule has 0 aliphatic heterocycles. The topological polar surface area (TPSA) is 57.5 Å². The highest BCUT2D eigenvalue weighted by molar-refractivity contribution is 7.51. The summed E-state index contributed by atoms with van der Waals surface area (Å²) in [6.45, 7) is 4.21. The van der Waals surface area contributed by atoms with Crippen LogP contribution in [0.3, 0.4) is 0 Å². The molecular weight excluding hydrogens is 377 g/mol. The lowest BCUT2D eigenvalue weighted by Gasteiger charge is -2.30. The molecule has 0 saturated heterocycles. The van der Waals surface area contributed by atoms with Crippen molar-refractivity contribution in [1.29, 1.82) is 0 Å². The van der Waals surface area contributed by atoms with Crippen LogP contribution >= 0.6 is 7.60 Å². The fraction of sp³-hybridized carbons (Fsp3) is 1.00. The van der Waals surface area contributed by atoms with Crippen molar-refractivity contribution in [1.82, 2.24) is 0 Å². The first-order valence-corrected chi connectivity index (χ1v) is 10.9. The summed E-state index contributed by atoms with van der Waals surface area (Å²) in [5.41, 5.74) is 0. The van der Waals surface area contributed by atoms with E-state index in [9.17, 15) is 4.57 Å². The van der Waals surface area contributed by atoms with Gasteiger partial charge in [0.2, 0.25) is 0 Å². The van der Waals surface area contributed by atoms with E-state index in [1.165, 1.54) is 64.2 Å². The molecule has 0 aromatic carbocycles. The lowest BCUT2D eigenvalue weighted by atomic mass is 10.1. The van der Waals surface area contributed by atoms with Crippen LogP contribution in [0.25, 0.3) is 0 Å². The number of nitrogens with zero attached hydrogens (tertiary/aromatic N) is 1. The van der Waals surface area contributed by atoms with Gasteiger partial charge in [-0.3, -0.25) is 4.57 Å². The molecule has 0 spiro atoms. The molecule has 0 amide bonds. The quantitative estimate of drug-likeness (QED) is 0.242. The highest BCUT2D eigenvalue weighted by Gasteiger charge is 2.18. The van der Waals surface area contributed by atoms with Gasteiger partial charge in [-0.25, -0.2) is 0 Å². The Labute approximate surface area is 154 Å². The molecule has 0 heterocycles. The smallest absolute Gasteiger partial charge is 0.325 e. The third-order valence-electron chi connectivity index (χ3n) is 4.33. The maximum absolute atomic E-state index is 10.8. The number of hydrogen-bond acceptors (Lipinski definition) is 1. The molecule has 0 aromatic rings. The van der Waals surface area contributed by atoms with E-state index in [2.05, 4.69) is 21.0 Å². The number of halogens is 1. The van der Waals surface area contributed by atoms with Crippen molar-refractivity contribution in [2.24, 2.45) is 0 Å². The number of quaternary nitrogens is 1. The Morgan fingerprint density at radius 3 is 1.57 bits per heavy atom. The van der Waals surface area contributed by atoms with Gasteiger partial charge in [0.1, 0.15) is 0 Å². The summed E-state index contributed by atoms with van der Waals surface area (Å²) in [6.07, 6.45) is 14.1. The first kappa shape index (κ1) is 25.8. The van der Waals surface area contributed by atoms with Crippen LogP contribution in [0.15, 0.2) is 0 Å². The first-order chi connectivity index (χ1) is 10.3. The molecule has 142 valence electrons. The first-order valence-electron chi connectivity index (χ1n) is 9.13. The van der Waals surface area contributed by atoms with Gasteiger partial charge in [0.05, 0.1) is 33.3 Å². The van der Waals surface area contributed by atoms with Crippen molar-refractivity contribution >= 4 is 7.60 Å². The lowest BCUT2D eigenvalue weighted by Crippen LogP contribution is -3.00. The Bertz CT molecular complexity index is 308. The summed E-state index contributed by atoms with van der Waals surface area (Å²) in [4.78, 5) is 17.8. The molecular formula is C17H39BrNO3P. The van der Waals surface area contributed by atoms with Crippen LogP contribution in [0.4, 0.5) is 0 Å². The average Bonchev–Trinajstić information content (AvgIpc) is 2.39. The molecule has 0 bridgehead atoms. The van der Waals surface area contributed by atoms with Gasteiger partial charge in [0.15, 0.2) is 0 Å². The second-order valence-electron chi connectivity index (χ2n) is 7.31. The minimum atomic E-state index is -3.82. The summed E-state index contributed by atoms with van der Waals surface area (Å²) < 4.78 is 11.7. The van der Waals surface area contributed by atoms with Gasteiger partial charge in [-0.15, -0.1) is 0 Å². The zero-order valence-corrected chi connectivity index (χ0v) is 18.0. The van der Waals surface area contributed by atoms with E-state index >= 15 is 0 Å². The summed E-state index contributed by atoms with van der Waals surface area (Å²) in [6, 6.07) is 0. The van der Waals surface area contributed by atoms with Gasteiger partial charge in [-0.2, -0.15) is 0 Å². The molecule has 0 radical (unpaired) electrons. The zero-order valence-electron chi connectivity index (χ0n) is 15.5. The van der Waals surface area contributed by atoms with Gasteiger partial charge in [0, 0.05) is 6.42 Å². The van der Waals surface area contributed by atoms with Crippen LogP contribution in [0.5, 0.6) is 0 Å². The van der Waals surface area contributed by atoms with E-state index in [4.69, 9.17) is 9.79 Å². The van der Waals surface area contributed by atoms with Crippen LogP contribution in [-0.4, -0.2) is 47.6 Å². The van der Waals surface area contributed by atoms with Gasteiger partial charge in [-0.1, -0.05) is 58.3 Å². The molecule has 0 atom stereocenters. The highest BCUT2D eigenvalue weighted by atomic mass is 79.9. The van der Waals surface area contributed by atoms with E-state index in [-0.39, 0.29) is 23.1 Å². The molecule has 0 unspecified atom stereocenters. The lowest BCUT2D eigenvalue weighted by molar-refractivity contribution is -0.890. The third kappa shape index (κ3) is 20.5. The van der Waals surface area contributed by atoms with Crippen molar-refractivity contribution in [3.63, 3.8) is 0 Å². The fourth-order valence-corrected chi connectivity index (χ4v) is 3.40. The summed E-state index contributed by atoms with van der Waals surface area (Å²) in [5.74, 6) is 0. The Kier molecular flexibility index (Phi) is 16.7. The van der Waals surface area contributed by atoms with Crippen LogP contribution in [0.1, 0.15) is 77.6 Å². The van der Waals surface area contributed by atoms with Gasteiger partial charge >= 0.3 is 7.60 Å². The van der Waals surface area contributed by atoms with E-state index in [1.807, 2.05) is 0 Å². The normalized spacial score (nSPS) is 12.2. The SMILES string of the molecule is CCCCCCCCCCCC[N+](C)(C)CCCP(=O)(O)O.[Br-]. The molecule has 0 fully saturated rings. The van der Waals surface area contributed by atoms with E-state index in [0.29, 0.717) is 6.42 Å². The van der Waals surface area contributed by atoms with E-state index in [0.717, 1.165) is 17.6 Å². The molecule has 2 N–H and O–H groups in total. The molecule has 0 saturated carbocycles. The van der Waals surface area contributed by atoms with E-state index < -0.39 is 7.60 Å². The van der Waals surface area contributed by atoms with Crippen molar-refractivity contribution in [2.45, 2.75) is 77.6 Å². The van der Waals surface area contributed by atoms with Gasteiger partial charge in [0.25, 0.3) is 0 Å². The maximum Gasteiger partial charge on any atom is 0.325 e. The monoisotopic (exact) mass is 415 g/mol. The highest BCUT2D eigenvalue weighted by Crippen LogP contribution is 2.35. The predicted octanol–water partition coefficient (Wildman–Crippen LogP) is 1.56. The van der Waals surface area contributed by atoms with Gasteiger partial charge in [-0.05, 0) is 12.8 Å². The zero-order chi connectivity index (χ0) is 16.9. The number of hydrogen-bond donors (Lipinski definition) is 2.